The topological polar surface area (TPSA) is 70.7 Å². The summed E-state index contributed by atoms with van der Waals surface area (Å²) in [6.45, 7) is 1.82. The number of carbonyl (C=O) groups is 1. The molecule has 0 fully saturated rings. The van der Waals surface area contributed by atoms with Gasteiger partial charge in [-0.15, -0.1) is 0 Å². The summed E-state index contributed by atoms with van der Waals surface area (Å²) in [5, 5.41) is 12.1. The molecule has 1 unspecified atom stereocenters. The third-order valence-electron chi connectivity index (χ3n) is 2.69. The first-order valence-corrected chi connectivity index (χ1v) is 6.93. The fourth-order valence-corrected chi connectivity index (χ4v) is 2.42. The van der Waals surface area contributed by atoms with Crippen LogP contribution in [0.1, 0.15) is 12.5 Å². The molecule has 1 amide bonds. The van der Waals surface area contributed by atoms with E-state index in [0.29, 0.717) is 11.3 Å². The average Bonchev–Trinajstić information content (AvgIpc) is 2.84. The lowest BCUT2D eigenvalue weighted by atomic mass is 10.2. The van der Waals surface area contributed by atoms with Crippen LogP contribution in [0.5, 0.6) is 0 Å². The first-order chi connectivity index (χ1) is 9.60. The van der Waals surface area contributed by atoms with Gasteiger partial charge in [0.2, 0.25) is 5.91 Å². The van der Waals surface area contributed by atoms with Gasteiger partial charge in [0, 0.05) is 25.1 Å². The second-order valence-corrected chi connectivity index (χ2v) is 5.57. The van der Waals surface area contributed by atoms with E-state index in [1.165, 1.54) is 11.8 Å². The molecule has 102 valence electrons. The Labute approximate surface area is 121 Å². The lowest BCUT2D eigenvalue weighted by Gasteiger charge is -2.11. The maximum Gasteiger partial charge on any atom is 0.237 e. The van der Waals surface area contributed by atoms with Gasteiger partial charge >= 0.3 is 0 Å². The second-order valence-electron chi connectivity index (χ2n) is 4.26. The standard InChI is InChI=1S/C14H14N4OS/c1-10(20-14-16-6-7-18(14)2)13(19)17-12-5-3-4-11(8-12)9-15/h3-8,10H,1-2H3,(H,17,19). The molecular weight excluding hydrogens is 272 g/mol. The Kier molecular flexibility index (Phi) is 4.43. The van der Waals surface area contributed by atoms with Crippen molar-refractivity contribution in [1.29, 1.82) is 5.26 Å². The van der Waals surface area contributed by atoms with E-state index < -0.39 is 0 Å². The number of amides is 1. The van der Waals surface area contributed by atoms with Crippen LogP contribution in [0.2, 0.25) is 0 Å². The highest BCUT2D eigenvalue weighted by Gasteiger charge is 2.16. The highest BCUT2D eigenvalue weighted by Crippen LogP contribution is 2.22. The number of nitrogens with zero attached hydrogens (tertiary/aromatic N) is 3. The first-order valence-electron chi connectivity index (χ1n) is 6.05. The van der Waals surface area contributed by atoms with Crippen LogP contribution in [0, 0.1) is 11.3 Å². The number of thioether (sulfide) groups is 1. The number of nitrogens with one attached hydrogen (secondary N) is 1. The third kappa shape index (κ3) is 3.39. The number of aromatic nitrogens is 2. The van der Waals surface area contributed by atoms with E-state index in [0.717, 1.165) is 5.16 Å². The molecule has 2 rings (SSSR count). The molecule has 0 aliphatic rings. The van der Waals surface area contributed by atoms with Crippen molar-refractivity contribution in [1.82, 2.24) is 9.55 Å². The van der Waals surface area contributed by atoms with Crippen LogP contribution in [0.4, 0.5) is 5.69 Å². The minimum absolute atomic E-state index is 0.118. The Morgan fingerprint density at radius 2 is 2.35 bits per heavy atom. The van der Waals surface area contributed by atoms with E-state index >= 15 is 0 Å². The fraction of sp³-hybridized carbons (Fsp3) is 0.214. The van der Waals surface area contributed by atoms with E-state index in [4.69, 9.17) is 5.26 Å². The third-order valence-corrected chi connectivity index (χ3v) is 3.86. The zero-order chi connectivity index (χ0) is 14.5. The van der Waals surface area contributed by atoms with E-state index in [9.17, 15) is 4.79 Å². The number of aryl methyl sites for hydroxylation is 1. The predicted molar refractivity (Wildman–Crippen MR) is 78.3 cm³/mol. The minimum atomic E-state index is -0.276. The van der Waals surface area contributed by atoms with Gasteiger partial charge in [-0.25, -0.2) is 4.98 Å². The van der Waals surface area contributed by atoms with Crippen molar-refractivity contribution in [2.24, 2.45) is 7.05 Å². The summed E-state index contributed by atoms with van der Waals surface area (Å²) in [5.41, 5.74) is 1.15. The maximum absolute atomic E-state index is 12.1. The second kappa shape index (κ2) is 6.26. The van der Waals surface area contributed by atoms with Crippen molar-refractivity contribution in [2.75, 3.05) is 5.32 Å². The summed E-state index contributed by atoms with van der Waals surface area (Å²) < 4.78 is 1.87. The zero-order valence-corrected chi connectivity index (χ0v) is 12.0. The molecule has 0 saturated heterocycles. The normalized spacial score (nSPS) is 11.7. The smallest absolute Gasteiger partial charge is 0.237 e. The molecule has 6 heteroatoms. The molecule has 5 nitrogen and oxygen atoms in total. The molecule has 0 aliphatic carbocycles. The van der Waals surface area contributed by atoms with Crippen molar-refractivity contribution in [2.45, 2.75) is 17.3 Å². The van der Waals surface area contributed by atoms with Crippen molar-refractivity contribution in [3.63, 3.8) is 0 Å². The lowest BCUT2D eigenvalue weighted by molar-refractivity contribution is -0.115. The number of imidazole rings is 1. The van der Waals surface area contributed by atoms with E-state index in [-0.39, 0.29) is 11.2 Å². The van der Waals surface area contributed by atoms with Crippen molar-refractivity contribution in [3.05, 3.63) is 42.2 Å². The van der Waals surface area contributed by atoms with Crippen molar-refractivity contribution < 1.29 is 4.79 Å². The largest absolute Gasteiger partial charge is 0.329 e. The Morgan fingerprint density at radius 1 is 1.55 bits per heavy atom. The highest BCUT2D eigenvalue weighted by molar-refractivity contribution is 8.00. The fourth-order valence-electron chi connectivity index (χ4n) is 1.59. The monoisotopic (exact) mass is 286 g/mol. The van der Waals surface area contributed by atoms with Crippen LogP contribution in [0.15, 0.2) is 41.8 Å². The van der Waals surface area contributed by atoms with Crippen LogP contribution in [0.3, 0.4) is 0 Å². The van der Waals surface area contributed by atoms with Gasteiger partial charge in [-0.1, -0.05) is 17.8 Å². The number of hydrogen-bond acceptors (Lipinski definition) is 4. The molecule has 0 spiro atoms. The molecule has 0 bridgehead atoms. The van der Waals surface area contributed by atoms with Gasteiger partial charge in [0.25, 0.3) is 0 Å². The summed E-state index contributed by atoms with van der Waals surface area (Å²) in [6.07, 6.45) is 3.53. The van der Waals surface area contributed by atoms with E-state index in [2.05, 4.69) is 10.3 Å². The SMILES string of the molecule is CC(Sc1nccn1C)C(=O)Nc1cccc(C#N)c1. The number of benzene rings is 1. The van der Waals surface area contributed by atoms with Gasteiger partial charge in [-0.2, -0.15) is 5.26 Å². The number of hydrogen-bond donors (Lipinski definition) is 1. The van der Waals surface area contributed by atoms with Crippen LogP contribution in [-0.2, 0) is 11.8 Å². The Morgan fingerprint density at radius 3 is 3.00 bits per heavy atom. The molecule has 1 heterocycles. The summed E-state index contributed by atoms with van der Waals surface area (Å²) >= 11 is 1.39. The summed E-state index contributed by atoms with van der Waals surface area (Å²) in [7, 11) is 1.89. The molecular formula is C14H14N4OS. The van der Waals surface area contributed by atoms with Crippen LogP contribution in [0.25, 0.3) is 0 Å². The van der Waals surface area contributed by atoms with Crippen molar-refractivity contribution >= 4 is 23.4 Å². The molecule has 1 aromatic carbocycles. The number of carbonyl (C=O) groups excluding carboxylic acids is 1. The van der Waals surface area contributed by atoms with Crippen molar-refractivity contribution in [3.8, 4) is 6.07 Å². The molecule has 1 atom stereocenters. The Hall–Kier alpha value is -2.26. The first kappa shape index (κ1) is 14.2. The lowest BCUT2D eigenvalue weighted by Crippen LogP contribution is -2.22. The average molecular weight is 286 g/mol. The zero-order valence-electron chi connectivity index (χ0n) is 11.2. The summed E-state index contributed by atoms with van der Waals surface area (Å²) in [4.78, 5) is 16.3. The van der Waals surface area contributed by atoms with Crippen LogP contribution >= 0.6 is 11.8 Å². The molecule has 1 N–H and O–H groups in total. The van der Waals surface area contributed by atoms with Gasteiger partial charge < -0.3 is 9.88 Å². The van der Waals surface area contributed by atoms with E-state index in [1.54, 1.807) is 30.5 Å². The maximum atomic E-state index is 12.1. The molecule has 1 aromatic heterocycles. The quantitative estimate of drug-likeness (QED) is 0.876. The number of anilines is 1. The minimum Gasteiger partial charge on any atom is -0.329 e. The molecule has 2 aromatic rings. The highest BCUT2D eigenvalue weighted by atomic mass is 32.2. The molecule has 20 heavy (non-hydrogen) atoms. The Balaban J connectivity index is 2.01. The van der Waals surface area contributed by atoms with Crippen LogP contribution in [-0.4, -0.2) is 20.7 Å². The van der Waals surface area contributed by atoms with E-state index in [1.807, 2.05) is 30.8 Å². The Bertz CT molecular complexity index is 659. The molecule has 0 saturated carbocycles. The van der Waals surface area contributed by atoms with Gasteiger partial charge in [-0.3, -0.25) is 4.79 Å². The molecule has 0 radical (unpaired) electrons. The summed E-state index contributed by atoms with van der Waals surface area (Å²) in [5.74, 6) is -0.118. The number of nitriles is 1. The number of rotatable bonds is 4. The summed E-state index contributed by atoms with van der Waals surface area (Å²) in [6, 6.07) is 8.89. The van der Waals surface area contributed by atoms with Gasteiger partial charge in [0.1, 0.15) is 0 Å². The molecule has 0 aliphatic heterocycles. The van der Waals surface area contributed by atoms with Gasteiger partial charge in [0.15, 0.2) is 5.16 Å². The van der Waals surface area contributed by atoms with Crippen LogP contribution < -0.4 is 5.32 Å². The van der Waals surface area contributed by atoms with Gasteiger partial charge in [-0.05, 0) is 25.1 Å². The van der Waals surface area contributed by atoms with Gasteiger partial charge in [0.05, 0.1) is 16.9 Å². The predicted octanol–water partition coefficient (Wildman–Crippen LogP) is 2.41.